The molecule has 0 aliphatic carbocycles. The zero-order valence-corrected chi connectivity index (χ0v) is 22.7. The summed E-state index contributed by atoms with van der Waals surface area (Å²) in [5.74, 6) is -0.324. The lowest BCUT2D eigenvalue weighted by Crippen LogP contribution is -2.32. The quantitative estimate of drug-likeness (QED) is 0.212. The maximum atomic E-state index is 13.4. The summed E-state index contributed by atoms with van der Waals surface area (Å²) < 4.78 is 11.5. The van der Waals surface area contributed by atoms with Gasteiger partial charge in [0.15, 0.2) is 0 Å². The normalized spacial score (nSPS) is 16.8. The second-order valence-corrected chi connectivity index (χ2v) is 9.87. The second kappa shape index (κ2) is 11.7. The minimum absolute atomic E-state index is 0.0170. The van der Waals surface area contributed by atoms with Gasteiger partial charge >= 0.3 is 0 Å². The first-order valence-electron chi connectivity index (χ1n) is 12.3. The number of likely N-dealkylation sites (tertiary alicyclic amines) is 1. The second-order valence-electron chi connectivity index (χ2n) is 9.46. The molecule has 0 spiro atoms. The van der Waals surface area contributed by atoms with Crippen molar-refractivity contribution in [3.05, 3.63) is 94.0 Å². The molecule has 1 aliphatic heterocycles. The molecule has 0 bridgehead atoms. The summed E-state index contributed by atoms with van der Waals surface area (Å²) in [5.41, 5.74) is 1.65. The molecular formula is C30H31ClN2O5. The highest BCUT2D eigenvalue weighted by molar-refractivity contribution is 6.46. The van der Waals surface area contributed by atoms with Crippen molar-refractivity contribution in [2.45, 2.75) is 19.4 Å². The van der Waals surface area contributed by atoms with E-state index in [-0.39, 0.29) is 22.6 Å². The fourth-order valence-electron chi connectivity index (χ4n) is 4.64. The van der Waals surface area contributed by atoms with Crippen molar-refractivity contribution < 1.29 is 24.2 Å². The van der Waals surface area contributed by atoms with Gasteiger partial charge in [-0.05, 0) is 81.5 Å². The van der Waals surface area contributed by atoms with Crippen LogP contribution in [0.4, 0.5) is 0 Å². The number of hydrogen-bond acceptors (Lipinski definition) is 6. The van der Waals surface area contributed by atoms with Crippen molar-refractivity contribution in [1.29, 1.82) is 0 Å². The summed E-state index contributed by atoms with van der Waals surface area (Å²) in [5, 5.41) is 11.8. The SMILES string of the molecule is COc1c(Cl)cc(C)cc1/C(O)=C1\C(=O)C(=O)N(CCCN(C)C)C1c1cccc(Oc2ccccc2)c1. The number of carbonyl (C=O) groups excluding carboxylic acids is 2. The van der Waals surface area contributed by atoms with Crippen LogP contribution in [0.1, 0.15) is 29.2 Å². The number of benzene rings is 3. The average molecular weight is 535 g/mol. The number of hydrogen-bond donors (Lipinski definition) is 1. The molecule has 8 heteroatoms. The van der Waals surface area contributed by atoms with Gasteiger partial charge in [0.1, 0.15) is 23.0 Å². The number of para-hydroxylation sites is 1. The van der Waals surface area contributed by atoms with E-state index in [0.717, 1.165) is 12.1 Å². The Morgan fingerprint density at radius 1 is 1.03 bits per heavy atom. The molecule has 1 atom stereocenters. The molecule has 198 valence electrons. The fraction of sp³-hybridized carbons (Fsp3) is 0.267. The van der Waals surface area contributed by atoms with Gasteiger partial charge < -0.3 is 24.4 Å². The largest absolute Gasteiger partial charge is 0.507 e. The van der Waals surface area contributed by atoms with Gasteiger partial charge in [-0.3, -0.25) is 9.59 Å². The number of aryl methyl sites for hydroxylation is 1. The van der Waals surface area contributed by atoms with E-state index in [2.05, 4.69) is 0 Å². The molecule has 3 aromatic carbocycles. The first-order valence-corrected chi connectivity index (χ1v) is 12.7. The molecule has 3 aromatic rings. The van der Waals surface area contributed by atoms with Gasteiger partial charge in [-0.2, -0.15) is 0 Å². The molecule has 1 heterocycles. The van der Waals surface area contributed by atoms with Crippen LogP contribution in [-0.4, -0.2) is 60.9 Å². The molecule has 0 saturated carbocycles. The number of Topliss-reactive ketones (excluding diaryl/α,β-unsaturated/α-hetero) is 1. The number of nitrogens with zero attached hydrogens (tertiary/aromatic N) is 2. The Kier molecular flexibility index (Phi) is 8.39. The van der Waals surface area contributed by atoms with Gasteiger partial charge in [-0.25, -0.2) is 0 Å². The number of aliphatic hydroxyl groups excluding tert-OH is 1. The molecule has 1 amide bonds. The third-order valence-electron chi connectivity index (χ3n) is 6.34. The molecular weight excluding hydrogens is 504 g/mol. The minimum atomic E-state index is -0.819. The predicted molar refractivity (Wildman–Crippen MR) is 148 cm³/mol. The van der Waals surface area contributed by atoms with E-state index >= 15 is 0 Å². The number of rotatable bonds is 9. The highest BCUT2D eigenvalue weighted by Gasteiger charge is 2.46. The van der Waals surface area contributed by atoms with Crippen LogP contribution < -0.4 is 9.47 Å². The fourth-order valence-corrected chi connectivity index (χ4v) is 5.00. The van der Waals surface area contributed by atoms with Gasteiger partial charge in [0.25, 0.3) is 11.7 Å². The van der Waals surface area contributed by atoms with Crippen LogP contribution in [0.5, 0.6) is 17.2 Å². The van der Waals surface area contributed by atoms with E-state index in [4.69, 9.17) is 21.1 Å². The highest BCUT2D eigenvalue weighted by atomic mass is 35.5. The van der Waals surface area contributed by atoms with Gasteiger partial charge in [0, 0.05) is 6.54 Å². The standard InChI is InChI=1S/C30H31ClN2O5/c1-19-16-23(29(37-4)24(31)17-19)27(34)25-26(33(30(36)28(25)35)15-9-14-32(2)3)20-10-8-13-22(18-20)38-21-11-6-5-7-12-21/h5-8,10-13,16-18,26,34H,9,14-15H2,1-4H3/b27-25+. The number of ether oxygens (including phenoxy) is 2. The first-order chi connectivity index (χ1) is 18.2. The van der Waals surface area contributed by atoms with Crippen molar-refractivity contribution >= 4 is 29.1 Å². The van der Waals surface area contributed by atoms with E-state index in [0.29, 0.717) is 35.1 Å². The van der Waals surface area contributed by atoms with Gasteiger partial charge in [-0.15, -0.1) is 0 Å². The molecule has 1 unspecified atom stereocenters. The van der Waals surface area contributed by atoms with Crippen molar-refractivity contribution in [2.75, 3.05) is 34.3 Å². The number of ketones is 1. The molecule has 4 rings (SSSR count). The summed E-state index contributed by atoms with van der Waals surface area (Å²) in [6.07, 6.45) is 0.649. The van der Waals surface area contributed by atoms with Crippen LogP contribution >= 0.6 is 11.6 Å². The van der Waals surface area contributed by atoms with E-state index in [1.165, 1.54) is 12.0 Å². The summed E-state index contributed by atoms with van der Waals surface area (Å²) in [4.78, 5) is 30.3. The molecule has 1 saturated heterocycles. The first kappa shape index (κ1) is 27.2. The third kappa shape index (κ3) is 5.69. The monoisotopic (exact) mass is 534 g/mol. The summed E-state index contributed by atoms with van der Waals surface area (Å²) in [6, 6.07) is 19.1. The lowest BCUT2D eigenvalue weighted by atomic mass is 9.94. The third-order valence-corrected chi connectivity index (χ3v) is 6.62. The molecule has 0 aromatic heterocycles. The smallest absolute Gasteiger partial charge is 0.295 e. The van der Waals surface area contributed by atoms with Crippen LogP contribution in [-0.2, 0) is 9.59 Å². The number of methoxy groups -OCH3 is 1. The van der Waals surface area contributed by atoms with Crippen molar-refractivity contribution in [3.8, 4) is 17.2 Å². The Hall–Kier alpha value is -3.81. The van der Waals surface area contributed by atoms with Gasteiger partial charge in [0.2, 0.25) is 0 Å². The van der Waals surface area contributed by atoms with E-state index in [1.54, 1.807) is 30.3 Å². The number of amides is 1. The maximum Gasteiger partial charge on any atom is 0.295 e. The Morgan fingerprint density at radius 3 is 2.42 bits per heavy atom. The Bertz CT molecular complexity index is 1370. The van der Waals surface area contributed by atoms with Crippen LogP contribution in [0.15, 0.2) is 72.3 Å². The van der Waals surface area contributed by atoms with E-state index in [1.807, 2.05) is 62.3 Å². The van der Waals surface area contributed by atoms with E-state index < -0.39 is 17.7 Å². The summed E-state index contributed by atoms with van der Waals surface area (Å²) in [7, 11) is 5.34. The molecule has 1 N–H and O–H groups in total. The van der Waals surface area contributed by atoms with Crippen LogP contribution in [0, 0.1) is 6.92 Å². The summed E-state index contributed by atoms with van der Waals surface area (Å²) >= 11 is 6.39. The molecule has 38 heavy (non-hydrogen) atoms. The van der Waals surface area contributed by atoms with Crippen molar-refractivity contribution in [2.24, 2.45) is 0 Å². The lowest BCUT2D eigenvalue weighted by Gasteiger charge is -2.26. The topological polar surface area (TPSA) is 79.3 Å². The molecule has 1 aliphatic rings. The maximum absolute atomic E-state index is 13.4. The Labute approximate surface area is 227 Å². The van der Waals surface area contributed by atoms with Crippen molar-refractivity contribution in [3.63, 3.8) is 0 Å². The summed E-state index contributed by atoms with van der Waals surface area (Å²) in [6.45, 7) is 2.89. The van der Waals surface area contributed by atoms with Crippen molar-refractivity contribution in [1.82, 2.24) is 9.80 Å². The molecule has 0 radical (unpaired) electrons. The Balaban J connectivity index is 1.85. The minimum Gasteiger partial charge on any atom is -0.507 e. The number of aliphatic hydroxyl groups is 1. The van der Waals surface area contributed by atoms with Gasteiger partial charge in [0.05, 0.1) is 29.3 Å². The van der Waals surface area contributed by atoms with Crippen LogP contribution in [0.2, 0.25) is 5.02 Å². The molecule has 1 fully saturated rings. The lowest BCUT2D eigenvalue weighted by molar-refractivity contribution is -0.139. The molecule has 7 nitrogen and oxygen atoms in total. The van der Waals surface area contributed by atoms with E-state index in [9.17, 15) is 14.7 Å². The Morgan fingerprint density at radius 2 is 1.74 bits per heavy atom. The van der Waals surface area contributed by atoms with Gasteiger partial charge in [-0.1, -0.05) is 41.9 Å². The van der Waals surface area contributed by atoms with Crippen LogP contribution in [0.25, 0.3) is 5.76 Å². The zero-order chi connectivity index (χ0) is 27.4. The number of halogens is 1. The average Bonchev–Trinajstić information content (AvgIpc) is 3.13. The van der Waals surface area contributed by atoms with Crippen LogP contribution in [0.3, 0.4) is 0 Å². The highest BCUT2D eigenvalue weighted by Crippen LogP contribution is 2.43. The predicted octanol–water partition coefficient (Wildman–Crippen LogP) is 5.82. The number of carbonyl (C=O) groups is 2. The zero-order valence-electron chi connectivity index (χ0n) is 21.9.